The van der Waals surface area contributed by atoms with Crippen molar-refractivity contribution in [3.8, 4) is 5.75 Å². The molecule has 3 nitrogen and oxygen atoms in total. The van der Waals surface area contributed by atoms with E-state index in [0.29, 0.717) is 0 Å². The molecule has 1 saturated heterocycles. The number of aromatic hydroxyl groups is 1. The zero-order valence-corrected chi connectivity index (χ0v) is 14.4. The number of aliphatic hydroxyl groups excluding tert-OH is 1. The van der Waals surface area contributed by atoms with Crippen molar-refractivity contribution in [2.24, 2.45) is 5.92 Å². The molecule has 0 amide bonds. The van der Waals surface area contributed by atoms with Gasteiger partial charge in [0.25, 0.3) is 0 Å². The highest BCUT2D eigenvalue weighted by molar-refractivity contribution is 5.27. The summed E-state index contributed by atoms with van der Waals surface area (Å²) in [5, 5.41) is 20.0. The van der Waals surface area contributed by atoms with E-state index in [1.165, 1.54) is 29.7 Å². The van der Waals surface area contributed by atoms with Crippen molar-refractivity contribution in [2.75, 3.05) is 13.1 Å². The third-order valence-electron chi connectivity index (χ3n) is 5.47. The molecular weight excluding hydrogens is 298 g/mol. The predicted octanol–water partition coefficient (Wildman–Crippen LogP) is 2.35. The molecule has 3 heteroatoms. The molecule has 2 aromatic carbocycles. The number of likely N-dealkylation sites (tertiary alicyclic amines) is 1. The lowest BCUT2D eigenvalue weighted by molar-refractivity contribution is -0.933. The molecule has 24 heavy (non-hydrogen) atoms. The van der Waals surface area contributed by atoms with Gasteiger partial charge in [-0.15, -0.1) is 0 Å². The van der Waals surface area contributed by atoms with Crippen LogP contribution in [0.15, 0.2) is 54.6 Å². The molecule has 0 bridgehead atoms. The van der Waals surface area contributed by atoms with E-state index in [0.717, 1.165) is 24.6 Å². The Morgan fingerprint density at radius 1 is 1.00 bits per heavy atom. The summed E-state index contributed by atoms with van der Waals surface area (Å²) >= 11 is 0. The molecule has 0 radical (unpaired) electrons. The van der Waals surface area contributed by atoms with Gasteiger partial charge in [0.05, 0.1) is 13.1 Å². The van der Waals surface area contributed by atoms with Crippen LogP contribution in [0.5, 0.6) is 5.75 Å². The standard InChI is InChI=1S/C21H27NO2/c1-16(21(24)19-7-9-20(23)10-8-19)22-13-11-18(12-14-22)15-17-5-3-2-4-6-17/h2-10,16,18,21,23-24H,11-15H2,1H3/p+1/t16-,21-/m0/s1. The summed E-state index contributed by atoms with van der Waals surface area (Å²) in [5.74, 6) is 1.00. The number of benzene rings is 2. The van der Waals surface area contributed by atoms with Gasteiger partial charge in [-0.1, -0.05) is 42.5 Å². The molecule has 1 heterocycles. The van der Waals surface area contributed by atoms with Crippen molar-refractivity contribution in [2.45, 2.75) is 38.3 Å². The van der Waals surface area contributed by atoms with Crippen LogP contribution >= 0.6 is 0 Å². The first-order valence-corrected chi connectivity index (χ1v) is 8.99. The van der Waals surface area contributed by atoms with Crippen molar-refractivity contribution < 1.29 is 15.1 Å². The van der Waals surface area contributed by atoms with Gasteiger partial charge in [-0.3, -0.25) is 0 Å². The van der Waals surface area contributed by atoms with Crippen LogP contribution in [-0.4, -0.2) is 29.3 Å². The average molecular weight is 326 g/mol. The number of hydrogen-bond donors (Lipinski definition) is 3. The summed E-state index contributed by atoms with van der Waals surface area (Å²) in [5.41, 5.74) is 2.32. The van der Waals surface area contributed by atoms with Crippen molar-refractivity contribution in [3.63, 3.8) is 0 Å². The van der Waals surface area contributed by atoms with Crippen LogP contribution in [0.3, 0.4) is 0 Å². The van der Waals surface area contributed by atoms with E-state index in [-0.39, 0.29) is 11.8 Å². The van der Waals surface area contributed by atoms with Crippen LogP contribution in [0, 0.1) is 5.92 Å². The molecule has 3 N–H and O–H groups in total. The normalized spacial score (nSPS) is 23.6. The molecule has 0 aliphatic carbocycles. The van der Waals surface area contributed by atoms with E-state index in [4.69, 9.17) is 0 Å². The SMILES string of the molecule is C[C@@H]([C@H](O)c1ccc(O)cc1)[NH+]1CCC(Cc2ccccc2)CC1. The number of rotatable bonds is 5. The Labute approximate surface area is 144 Å². The van der Waals surface area contributed by atoms with E-state index < -0.39 is 6.10 Å². The van der Waals surface area contributed by atoms with Crippen molar-refractivity contribution in [1.29, 1.82) is 0 Å². The Hall–Kier alpha value is -1.84. The molecule has 3 rings (SSSR count). The van der Waals surface area contributed by atoms with Gasteiger partial charge in [-0.2, -0.15) is 0 Å². The predicted molar refractivity (Wildman–Crippen MR) is 96.1 cm³/mol. The van der Waals surface area contributed by atoms with Crippen LogP contribution in [0.2, 0.25) is 0 Å². The van der Waals surface area contributed by atoms with Gasteiger partial charge in [-0.05, 0) is 55.4 Å². The lowest BCUT2D eigenvalue weighted by Crippen LogP contribution is -3.17. The second-order valence-electron chi connectivity index (χ2n) is 7.12. The van der Waals surface area contributed by atoms with Gasteiger partial charge >= 0.3 is 0 Å². The molecule has 128 valence electrons. The maximum atomic E-state index is 10.6. The summed E-state index contributed by atoms with van der Waals surface area (Å²) in [6, 6.07) is 17.8. The first-order chi connectivity index (χ1) is 11.6. The molecule has 1 aliphatic heterocycles. The van der Waals surface area contributed by atoms with Crippen LogP contribution < -0.4 is 4.90 Å². The zero-order valence-electron chi connectivity index (χ0n) is 14.4. The van der Waals surface area contributed by atoms with Gasteiger partial charge in [0, 0.05) is 0 Å². The minimum atomic E-state index is -0.480. The van der Waals surface area contributed by atoms with Crippen LogP contribution in [0.25, 0.3) is 0 Å². The van der Waals surface area contributed by atoms with Crippen LogP contribution in [0.4, 0.5) is 0 Å². The molecule has 2 atom stereocenters. The summed E-state index contributed by atoms with van der Waals surface area (Å²) < 4.78 is 0. The Balaban J connectivity index is 1.53. The van der Waals surface area contributed by atoms with Gasteiger partial charge < -0.3 is 15.1 Å². The Morgan fingerprint density at radius 3 is 2.25 bits per heavy atom. The smallest absolute Gasteiger partial charge is 0.130 e. The van der Waals surface area contributed by atoms with Crippen molar-refractivity contribution >= 4 is 0 Å². The molecule has 1 fully saturated rings. The third-order valence-corrected chi connectivity index (χ3v) is 5.47. The highest BCUT2D eigenvalue weighted by Gasteiger charge is 2.30. The Kier molecular flexibility index (Phi) is 5.54. The van der Waals surface area contributed by atoms with E-state index in [1.54, 1.807) is 12.1 Å². The molecule has 0 saturated carbocycles. The number of phenolic OH excluding ortho intramolecular Hbond substituents is 1. The topological polar surface area (TPSA) is 44.9 Å². The Bertz CT molecular complexity index is 618. The summed E-state index contributed by atoms with van der Waals surface area (Å²) in [4.78, 5) is 1.49. The highest BCUT2D eigenvalue weighted by atomic mass is 16.3. The fourth-order valence-corrected chi connectivity index (χ4v) is 3.84. The lowest BCUT2D eigenvalue weighted by atomic mass is 9.89. The quantitative estimate of drug-likeness (QED) is 0.790. The summed E-state index contributed by atoms with van der Waals surface area (Å²) in [6.45, 7) is 4.37. The molecule has 2 aromatic rings. The largest absolute Gasteiger partial charge is 0.508 e. The van der Waals surface area contributed by atoms with Crippen molar-refractivity contribution in [3.05, 3.63) is 65.7 Å². The molecule has 1 aliphatic rings. The van der Waals surface area contributed by atoms with Gasteiger partial charge in [-0.25, -0.2) is 0 Å². The number of quaternary nitrogens is 1. The maximum absolute atomic E-state index is 10.6. The average Bonchev–Trinajstić information content (AvgIpc) is 2.63. The monoisotopic (exact) mass is 326 g/mol. The van der Waals surface area contributed by atoms with Gasteiger partial charge in [0.2, 0.25) is 0 Å². The second-order valence-corrected chi connectivity index (χ2v) is 7.12. The van der Waals surface area contributed by atoms with E-state index >= 15 is 0 Å². The number of nitrogens with one attached hydrogen (secondary N) is 1. The molecule has 0 aromatic heterocycles. The second kappa shape index (κ2) is 7.82. The zero-order chi connectivity index (χ0) is 16.9. The first-order valence-electron chi connectivity index (χ1n) is 8.99. The maximum Gasteiger partial charge on any atom is 0.130 e. The number of aliphatic hydroxyl groups is 1. The summed E-state index contributed by atoms with van der Waals surface area (Å²) in [7, 11) is 0. The first kappa shape index (κ1) is 17.0. The third kappa shape index (κ3) is 4.16. The minimum Gasteiger partial charge on any atom is -0.508 e. The van der Waals surface area contributed by atoms with Crippen molar-refractivity contribution in [1.82, 2.24) is 0 Å². The van der Waals surface area contributed by atoms with E-state index in [2.05, 4.69) is 37.3 Å². The highest BCUT2D eigenvalue weighted by Crippen LogP contribution is 2.20. The van der Waals surface area contributed by atoms with Gasteiger partial charge in [0.15, 0.2) is 0 Å². The van der Waals surface area contributed by atoms with Gasteiger partial charge in [0.1, 0.15) is 17.9 Å². The van der Waals surface area contributed by atoms with E-state index in [9.17, 15) is 10.2 Å². The minimum absolute atomic E-state index is 0.173. The van der Waals surface area contributed by atoms with E-state index in [1.807, 2.05) is 12.1 Å². The Morgan fingerprint density at radius 2 is 1.62 bits per heavy atom. The molecular formula is C21H28NO2+. The number of piperidine rings is 1. The van der Waals surface area contributed by atoms with Crippen LogP contribution in [0.1, 0.15) is 37.0 Å². The fraction of sp³-hybridized carbons (Fsp3) is 0.429. The molecule has 0 spiro atoms. The van der Waals surface area contributed by atoms with Crippen LogP contribution in [-0.2, 0) is 6.42 Å². The summed E-state index contributed by atoms with van der Waals surface area (Å²) in [6.07, 6.45) is 3.13. The fourth-order valence-electron chi connectivity index (χ4n) is 3.84. The molecule has 0 unspecified atom stereocenters. The number of phenols is 1. The lowest BCUT2D eigenvalue weighted by Gasteiger charge is -2.35. The number of hydrogen-bond acceptors (Lipinski definition) is 2.